The first-order valence-electron chi connectivity index (χ1n) is 7.16. The number of fused-ring (bicyclic) bond motifs is 1. The minimum absolute atomic E-state index is 0. The molecule has 0 bridgehead atoms. The molecule has 0 spiro atoms. The molecule has 126 valence electrons. The van der Waals surface area contributed by atoms with Gasteiger partial charge in [-0.15, -0.1) is 12.4 Å². The van der Waals surface area contributed by atoms with Gasteiger partial charge in [-0.05, 0) is 55.2 Å². The van der Waals surface area contributed by atoms with Crippen molar-refractivity contribution in [2.24, 2.45) is 0 Å². The van der Waals surface area contributed by atoms with E-state index in [1.165, 1.54) is 0 Å². The summed E-state index contributed by atoms with van der Waals surface area (Å²) in [4.78, 5) is 4.09. The molecule has 0 aliphatic carbocycles. The van der Waals surface area contributed by atoms with Crippen LogP contribution in [0.5, 0.6) is 0 Å². The Labute approximate surface area is 144 Å². The summed E-state index contributed by atoms with van der Waals surface area (Å²) in [6.07, 6.45) is 4.13. The molecule has 3 rings (SSSR count). The van der Waals surface area contributed by atoms with Crippen molar-refractivity contribution in [2.75, 3.05) is 28.7 Å². The number of pyridine rings is 1. The Kier molecular flexibility index (Phi) is 5.72. The summed E-state index contributed by atoms with van der Waals surface area (Å²) in [6.45, 7) is 1.39. The van der Waals surface area contributed by atoms with Crippen LogP contribution in [0.25, 0.3) is 0 Å². The summed E-state index contributed by atoms with van der Waals surface area (Å²) >= 11 is 0. The Morgan fingerprint density at radius 1 is 1.13 bits per heavy atom. The largest absolute Gasteiger partial charge is 0.320 e. The molecule has 0 fully saturated rings. The van der Waals surface area contributed by atoms with E-state index >= 15 is 0 Å². The molecule has 2 heterocycles. The van der Waals surface area contributed by atoms with E-state index in [4.69, 9.17) is 0 Å². The number of hydrogen-bond acceptors (Lipinski definition) is 6. The van der Waals surface area contributed by atoms with Crippen LogP contribution in [0.4, 0.5) is 17.1 Å². The van der Waals surface area contributed by atoms with Crippen LogP contribution in [0, 0.1) is 0 Å². The highest BCUT2D eigenvalue weighted by atomic mass is 35.5. The number of anilines is 3. The summed E-state index contributed by atoms with van der Waals surface area (Å²) in [7, 11) is -1.23. The predicted octanol–water partition coefficient (Wildman–Crippen LogP) is 3.65. The van der Waals surface area contributed by atoms with Gasteiger partial charge in [0.2, 0.25) is 0 Å². The van der Waals surface area contributed by atoms with Crippen molar-refractivity contribution >= 4 is 40.4 Å². The number of para-hydroxylation sites is 2. The Morgan fingerprint density at radius 2 is 1.87 bits per heavy atom. The second-order valence-corrected chi connectivity index (χ2v) is 6.83. The van der Waals surface area contributed by atoms with E-state index in [9.17, 15) is 9.11 Å². The Hall–Kier alpha value is -1.51. The van der Waals surface area contributed by atoms with Crippen LogP contribution in [0.1, 0.15) is 6.42 Å². The molecule has 2 aromatic rings. The number of hydrogen-bond donors (Lipinski definition) is 3. The minimum Gasteiger partial charge on any atom is -0.320 e. The molecule has 23 heavy (non-hydrogen) atoms. The normalized spacial score (nSPS) is 16.7. The van der Waals surface area contributed by atoms with E-state index in [-0.39, 0.29) is 12.4 Å². The van der Waals surface area contributed by atoms with Gasteiger partial charge in [0.05, 0.1) is 23.3 Å². The standard InChI is InChI=1S/C15H20N4O2S.ClH/c1-16-9-5-11-18-14-7-2-3-8-15(14)19(22(18,20)21)13-6-4-10-17-12-13;/h2-4,6-8,10,12,16,20-21H,5,9,11H2,1H3;1H. The quantitative estimate of drug-likeness (QED) is 0.710. The molecule has 6 nitrogen and oxygen atoms in total. The fourth-order valence-corrected chi connectivity index (χ4v) is 4.40. The van der Waals surface area contributed by atoms with Gasteiger partial charge in [-0.25, -0.2) is 4.31 Å². The third-order valence-electron chi connectivity index (χ3n) is 3.58. The molecule has 1 aliphatic rings. The lowest BCUT2D eigenvalue weighted by molar-refractivity contribution is 0.483. The number of aromatic nitrogens is 1. The topological polar surface area (TPSA) is 71.9 Å². The number of halogens is 1. The number of nitrogens with zero attached hydrogens (tertiary/aromatic N) is 3. The summed E-state index contributed by atoms with van der Waals surface area (Å²) in [6, 6.07) is 11.2. The zero-order valence-electron chi connectivity index (χ0n) is 12.8. The van der Waals surface area contributed by atoms with Gasteiger partial charge in [0.15, 0.2) is 0 Å². The van der Waals surface area contributed by atoms with E-state index in [0.717, 1.165) is 24.3 Å². The Morgan fingerprint density at radius 3 is 2.52 bits per heavy atom. The van der Waals surface area contributed by atoms with E-state index in [2.05, 4.69) is 10.3 Å². The highest BCUT2D eigenvalue weighted by Gasteiger charge is 2.41. The van der Waals surface area contributed by atoms with Gasteiger partial charge in [-0.2, -0.15) is 0 Å². The lowest BCUT2D eigenvalue weighted by Gasteiger charge is -2.43. The molecule has 8 heteroatoms. The van der Waals surface area contributed by atoms with E-state index < -0.39 is 11.0 Å². The first kappa shape index (κ1) is 17.8. The van der Waals surface area contributed by atoms with Crippen LogP contribution in [-0.2, 0) is 0 Å². The average molecular weight is 357 g/mol. The second kappa shape index (κ2) is 7.37. The van der Waals surface area contributed by atoms with E-state index in [1.807, 2.05) is 37.4 Å². The molecule has 0 saturated carbocycles. The molecule has 3 N–H and O–H groups in total. The van der Waals surface area contributed by atoms with Crippen molar-refractivity contribution in [1.29, 1.82) is 0 Å². The molecule has 1 aromatic heterocycles. The molecular formula is C15H21ClN4O2S. The Bertz CT molecular complexity index is 644. The van der Waals surface area contributed by atoms with E-state index in [0.29, 0.717) is 12.2 Å². The second-order valence-electron chi connectivity index (χ2n) is 5.04. The van der Waals surface area contributed by atoms with Crippen molar-refractivity contribution in [3.8, 4) is 0 Å². The maximum atomic E-state index is 10.8. The SMILES string of the molecule is CNCCCN1c2ccccc2N(c2cccnc2)S1(O)O.Cl. The summed E-state index contributed by atoms with van der Waals surface area (Å²) in [5.74, 6) is 0. The molecule has 1 aliphatic heterocycles. The van der Waals surface area contributed by atoms with Crippen LogP contribution in [-0.4, -0.2) is 34.2 Å². The van der Waals surface area contributed by atoms with Crippen molar-refractivity contribution in [1.82, 2.24) is 10.3 Å². The average Bonchev–Trinajstić information content (AvgIpc) is 2.75. The zero-order chi connectivity index (χ0) is 15.6. The van der Waals surface area contributed by atoms with Gasteiger partial charge >= 0.3 is 0 Å². The fourth-order valence-electron chi connectivity index (χ4n) is 2.61. The molecule has 1 aromatic carbocycles. The van der Waals surface area contributed by atoms with Gasteiger partial charge in [0.25, 0.3) is 0 Å². The third-order valence-corrected chi connectivity index (χ3v) is 5.45. The van der Waals surface area contributed by atoms with Gasteiger partial charge in [0, 0.05) is 12.7 Å². The molecule has 0 unspecified atom stereocenters. The van der Waals surface area contributed by atoms with Crippen molar-refractivity contribution in [3.63, 3.8) is 0 Å². The fraction of sp³-hybridized carbons (Fsp3) is 0.267. The van der Waals surface area contributed by atoms with Crippen LogP contribution >= 0.6 is 23.4 Å². The van der Waals surface area contributed by atoms with Crippen molar-refractivity contribution in [3.05, 3.63) is 48.8 Å². The van der Waals surface area contributed by atoms with Crippen molar-refractivity contribution in [2.45, 2.75) is 6.42 Å². The smallest absolute Gasteiger partial charge is 0.0896 e. The lowest BCUT2D eigenvalue weighted by Crippen LogP contribution is -2.32. The van der Waals surface area contributed by atoms with Gasteiger partial charge in [-0.1, -0.05) is 12.1 Å². The van der Waals surface area contributed by atoms with Crippen molar-refractivity contribution < 1.29 is 9.11 Å². The highest BCUT2D eigenvalue weighted by Crippen LogP contribution is 2.63. The van der Waals surface area contributed by atoms with Crippen LogP contribution in [0.3, 0.4) is 0 Å². The molecular weight excluding hydrogens is 336 g/mol. The summed E-state index contributed by atoms with van der Waals surface area (Å²) < 4.78 is 24.9. The molecule has 0 radical (unpaired) electrons. The third kappa shape index (κ3) is 3.24. The Balaban J connectivity index is 0.00000192. The lowest BCUT2D eigenvalue weighted by atomic mass is 10.2. The summed E-state index contributed by atoms with van der Waals surface area (Å²) in [5.41, 5.74) is 2.30. The van der Waals surface area contributed by atoms with E-state index in [1.54, 1.807) is 27.1 Å². The molecule has 0 saturated heterocycles. The van der Waals surface area contributed by atoms with Gasteiger partial charge in [-0.3, -0.25) is 18.4 Å². The predicted molar refractivity (Wildman–Crippen MR) is 98.8 cm³/mol. The number of rotatable bonds is 5. The van der Waals surface area contributed by atoms with Gasteiger partial charge < -0.3 is 5.32 Å². The summed E-state index contributed by atoms with van der Waals surface area (Å²) in [5, 5.41) is 3.08. The number of benzene rings is 1. The number of nitrogens with one attached hydrogen (secondary N) is 1. The maximum absolute atomic E-state index is 10.8. The monoisotopic (exact) mass is 356 g/mol. The highest BCUT2D eigenvalue weighted by molar-refractivity contribution is 8.27. The van der Waals surface area contributed by atoms with Gasteiger partial charge in [0.1, 0.15) is 0 Å². The molecule has 0 amide bonds. The minimum atomic E-state index is -3.12. The maximum Gasteiger partial charge on any atom is 0.0896 e. The van der Waals surface area contributed by atoms with Crippen LogP contribution < -0.4 is 13.9 Å². The zero-order valence-corrected chi connectivity index (χ0v) is 14.4. The first-order chi connectivity index (χ1) is 10.7. The molecule has 0 atom stereocenters. The first-order valence-corrected chi connectivity index (χ1v) is 8.62. The van der Waals surface area contributed by atoms with Crippen LogP contribution in [0.15, 0.2) is 48.8 Å². The van der Waals surface area contributed by atoms with Crippen LogP contribution in [0.2, 0.25) is 0 Å².